The summed E-state index contributed by atoms with van der Waals surface area (Å²) in [4.78, 5) is 14.3. The van der Waals surface area contributed by atoms with Gasteiger partial charge in [-0.1, -0.05) is 19.9 Å². The van der Waals surface area contributed by atoms with Crippen LogP contribution in [0.4, 0.5) is 0 Å². The molecule has 0 aliphatic rings. The first-order valence-corrected chi connectivity index (χ1v) is 6.53. The van der Waals surface area contributed by atoms with E-state index in [1.807, 2.05) is 13.0 Å². The average Bonchev–Trinajstić information content (AvgIpc) is 2.75. The van der Waals surface area contributed by atoms with Gasteiger partial charge in [-0.15, -0.1) is 11.3 Å². The first-order valence-electron chi connectivity index (χ1n) is 5.65. The van der Waals surface area contributed by atoms with Crippen molar-refractivity contribution in [2.24, 2.45) is 0 Å². The first kappa shape index (κ1) is 13.2. The van der Waals surface area contributed by atoms with Gasteiger partial charge in [0.1, 0.15) is 0 Å². The number of thiophene rings is 1. The summed E-state index contributed by atoms with van der Waals surface area (Å²) < 4.78 is 0. The van der Waals surface area contributed by atoms with Crippen LogP contribution in [0.2, 0.25) is 0 Å². The maximum Gasteiger partial charge on any atom is 0.304 e. The normalized spacial score (nSPS) is 12.9. The van der Waals surface area contributed by atoms with Gasteiger partial charge in [0, 0.05) is 17.5 Å². The maximum absolute atomic E-state index is 10.8. The molecule has 16 heavy (non-hydrogen) atoms. The molecular formula is C12H19NO2S. The molecule has 4 heteroatoms. The van der Waals surface area contributed by atoms with Crippen molar-refractivity contribution in [3.05, 3.63) is 22.4 Å². The number of nitrogens with zero attached hydrogens (tertiary/aromatic N) is 1. The molecular weight excluding hydrogens is 222 g/mol. The van der Waals surface area contributed by atoms with Crippen LogP contribution in [-0.4, -0.2) is 28.6 Å². The quantitative estimate of drug-likeness (QED) is 0.798. The van der Waals surface area contributed by atoms with Gasteiger partial charge in [-0.3, -0.25) is 9.69 Å². The molecule has 0 radical (unpaired) electrons. The molecule has 0 fully saturated rings. The Labute approximate surface area is 101 Å². The van der Waals surface area contributed by atoms with E-state index in [1.165, 1.54) is 4.88 Å². The Bertz CT molecular complexity index is 311. The number of aliphatic carboxylic acids is 1. The zero-order chi connectivity index (χ0) is 12.0. The van der Waals surface area contributed by atoms with Gasteiger partial charge in [0.05, 0.1) is 6.42 Å². The second-order valence-electron chi connectivity index (χ2n) is 3.80. The monoisotopic (exact) mass is 241 g/mol. The van der Waals surface area contributed by atoms with Gasteiger partial charge in [0.15, 0.2) is 0 Å². The number of carboxylic acid groups (broad SMARTS) is 1. The Morgan fingerprint density at radius 2 is 2.31 bits per heavy atom. The van der Waals surface area contributed by atoms with Crippen LogP contribution < -0.4 is 0 Å². The summed E-state index contributed by atoms with van der Waals surface area (Å²) in [6.45, 7) is 5.88. The maximum atomic E-state index is 10.8. The lowest BCUT2D eigenvalue weighted by Crippen LogP contribution is -2.35. The smallest absolute Gasteiger partial charge is 0.304 e. The van der Waals surface area contributed by atoms with E-state index < -0.39 is 5.97 Å². The van der Waals surface area contributed by atoms with Crippen LogP contribution in [0.5, 0.6) is 0 Å². The number of hydrogen-bond acceptors (Lipinski definition) is 3. The predicted molar refractivity (Wildman–Crippen MR) is 66.7 cm³/mol. The minimum absolute atomic E-state index is 0.143. The molecule has 1 aromatic rings. The van der Waals surface area contributed by atoms with Crippen molar-refractivity contribution in [3.8, 4) is 0 Å². The molecule has 0 aromatic carbocycles. The van der Waals surface area contributed by atoms with E-state index >= 15 is 0 Å². The van der Waals surface area contributed by atoms with E-state index in [0.717, 1.165) is 19.5 Å². The fourth-order valence-electron chi connectivity index (χ4n) is 1.84. The second-order valence-corrected chi connectivity index (χ2v) is 4.83. The summed E-state index contributed by atoms with van der Waals surface area (Å²) in [5, 5.41) is 10.9. The number of carboxylic acids is 1. The zero-order valence-corrected chi connectivity index (χ0v) is 10.7. The largest absolute Gasteiger partial charge is 0.481 e. The van der Waals surface area contributed by atoms with Crippen molar-refractivity contribution < 1.29 is 9.90 Å². The van der Waals surface area contributed by atoms with Gasteiger partial charge < -0.3 is 5.11 Å². The summed E-state index contributed by atoms with van der Waals surface area (Å²) >= 11 is 1.72. The molecule has 1 N–H and O–H groups in total. The molecule has 0 saturated carbocycles. The Kier molecular flexibility index (Phi) is 5.49. The number of hydrogen-bond donors (Lipinski definition) is 1. The van der Waals surface area contributed by atoms with Crippen molar-refractivity contribution >= 4 is 17.3 Å². The van der Waals surface area contributed by atoms with E-state index in [1.54, 1.807) is 11.3 Å². The highest BCUT2D eigenvalue weighted by atomic mass is 32.1. The summed E-state index contributed by atoms with van der Waals surface area (Å²) in [6, 6.07) is 4.27. The van der Waals surface area contributed by atoms with Crippen molar-refractivity contribution in [1.82, 2.24) is 4.90 Å². The van der Waals surface area contributed by atoms with Crippen LogP contribution in [0, 0.1) is 0 Å². The van der Waals surface area contributed by atoms with E-state index in [9.17, 15) is 4.79 Å². The van der Waals surface area contributed by atoms with Crippen molar-refractivity contribution in [1.29, 1.82) is 0 Å². The molecule has 3 nitrogen and oxygen atoms in total. The Hall–Kier alpha value is -0.870. The van der Waals surface area contributed by atoms with Crippen molar-refractivity contribution in [2.75, 3.05) is 6.54 Å². The molecule has 90 valence electrons. The minimum Gasteiger partial charge on any atom is -0.481 e. The SMILES string of the molecule is CCC(CC(=O)O)N(CC)Cc1cccs1. The minimum atomic E-state index is -0.712. The Morgan fingerprint density at radius 3 is 2.75 bits per heavy atom. The van der Waals surface area contributed by atoms with Gasteiger partial charge in [-0.25, -0.2) is 0 Å². The summed E-state index contributed by atoms with van der Waals surface area (Å²) in [5.74, 6) is -0.712. The molecule has 1 aromatic heterocycles. The van der Waals surface area contributed by atoms with Crippen LogP contribution in [0.15, 0.2) is 17.5 Å². The topological polar surface area (TPSA) is 40.5 Å². The Morgan fingerprint density at radius 1 is 1.56 bits per heavy atom. The van der Waals surface area contributed by atoms with Gasteiger partial charge in [0.2, 0.25) is 0 Å². The van der Waals surface area contributed by atoms with Gasteiger partial charge >= 0.3 is 5.97 Å². The van der Waals surface area contributed by atoms with Gasteiger partial charge in [0.25, 0.3) is 0 Å². The molecule has 0 saturated heterocycles. The third-order valence-electron chi connectivity index (χ3n) is 2.74. The lowest BCUT2D eigenvalue weighted by atomic mass is 10.1. The van der Waals surface area contributed by atoms with Crippen LogP contribution in [-0.2, 0) is 11.3 Å². The van der Waals surface area contributed by atoms with E-state index in [4.69, 9.17) is 5.11 Å². The van der Waals surface area contributed by atoms with Crippen LogP contribution in [0.25, 0.3) is 0 Å². The third kappa shape index (κ3) is 3.94. The third-order valence-corrected chi connectivity index (χ3v) is 3.60. The lowest BCUT2D eigenvalue weighted by molar-refractivity contribution is -0.138. The predicted octanol–water partition coefficient (Wildman–Crippen LogP) is 2.82. The number of carbonyl (C=O) groups is 1. The fourth-order valence-corrected chi connectivity index (χ4v) is 2.56. The van der Waals surface area contributed by atoms with E-state index in [0.29, 0.717) is 0 Å². The molecule has 0 aliphatic heterocycles. The standard InChI is InChI=1S/C12H19NO2S/c1-3-10(8-12(14)15)13(4-2)9-11-6-5-7-16-11/h5-7,10H,3-4,8-9H2,1-2H3,(H,14,15). The zero-order valence-electron chi connectivity index (χ0n) is 9.85. The molecule has 0 aliphatic carbocycles. The highest BCUT2D eigenvalue weighted by Crippen LogP contribution is 2.16. The van der Waals surface area contributed by atoms with E-state index in [2.05, 4.69) is 23.3 Å². The lowest BCUT2D eigenvalue weighted by Gasteiger charge is -2.28. The Balaban J connectivity index is 2.60. The molecule has 0 bridgehead atoms. The van der Waals surface area contributed by atoms with Crippen LogP contribution >= 0.6 is 11.3 Å². The molecule has 1 heterocycles. The van der Waals surface area contributed by atoms with Crippen LogP contribution in [0.1, 0.15) is 31.6 Å². The van der Waals surface area contributed by atoms with E-state index in [-0.39, 0.29) is 12.5 Å². The fraction of sp³-hybridized carbons (Fsp3) is 0.583. The summed E-state index contributed by atoms with van der Waals surface area (Å²) in [6.07, 6.45) is 1.11. The molecule has 1 unspecified atom stereocenters. The average molecular weight is 241 g/mol. The highest BCUT2D eigenvalue weighted by molar-refractivity contribution is 7.09. The second kappa shape index (κ2) is 6.66. The molecule has 1 rings (SSSR count). The summed E-state index contributed by atoms with van der Waals surface area (Å²) in [5.41, 5.74) is 0. The molecule has 0 amide bonds. The molecule has 1 atom stereocenters. The first-order chi connectivity index (χ1) is 7.67. The number of rotatable bonds is 7. The van der Waals surface area contributed by atoms with Gasteiger partial charge in [-0.05, 0) is 24.4 Å². The van der Waals surface area contributed by atoms with Gasteiger partial charge in [-0.2, -0.15) is 0 Å². The van der Waals surface area contributed by atoms with Crippen molar-refractivity contribution in [3.63, 3.8) is 0 Å². The van der Waals surface area contributed by atoms with Crippen molar-refractivity contribution in [2.45, 2.75) is 39.3 Å². The summed E-state index contributed by atoms with van der Waals surface area (Å²) in [7, 11) is 0. The van der Waals surface area contributed by atoms with Crippen LogP contribution in [0.3, 0.4) is 0 Å². The highest BCUT2D eigenvalue weighted by Gasteiger charge is 2.18. The molecule has 0 spiro atoms.